The molecule has 0 aliphatic heterocycles. The summed E-state index contributed by atoms with van der Waals surface area (Å²) in [5, 5.41) is 8.83. The molecule has 0 atom stereocenters. The molecule has 0 aliphatic rings. The number of benzene rings is 2. The third-order valence-corrected chi connectivity index (χ3v) is 5.15. The van der Waals surface area contributed by atoms with Gasteiger partial charge >= 0.3 is 0 Å². The lowest BCUT2D eigenvalue weighted by Crippen LogP contribution is -1.91. The quantitative estimate of drug-likeness (QED) is 0.581. The van der Waals surface area contributed by atoms with Crippen molar-refractivity contribution in [3.63, 3.8) is 0 Å². The molecule has 0 bridgehead atoms. The van der Waals surface area contributed by atoms with Crippen LogP contribution in [0.3, 0.4) is 0 Å². The van der Waals surface area contributed by atoms with Crippen LogP contribution in [0.25, 0.3) is 10.2 Å². The summed E-state index contributed by atoms with van der Waals surface area (Å²) >= 11 is 2.99. The monoisotopic (exact) mass is 315 g/mol. The fraction of sp³-hybridized carbons (Fsp3) is 0.0667. The lowest BCUT2D eigenvalue weighted by molar-refractivity contribution is 0.613. The zero-order valence-corrected chi connectivity index (χ0v) is 12.5. The molecule has 0 fully saturated rings. The Morgan fingerprint density at radius 3 is 3.00 bits per heavy atom. The zero-order chi connectivity index (χ0) is 14.8. The van der Waals surface area contributed by atoms with Gasteiger partial charge in [0.1, 0.15) is 11.9 Å². The molecule has 2 aromatic carbocycles. The Labute approximate surface area is 129 Å². The summed E-state index contributed by atoms with van der Waals surface area (Å²) in [6, 6.07) is 12.3. The number of rotatable bonds is 3. The molecule has 0 saturated heterocycles. The van der Waals surface area contributed by atoms with Gasteiger partial charge in [-0.05, 0) is 29.8 Å². The molecular weight excluding hydrogens is 305 g/mol. The van der Waals surface area contributed by atoms with Gasteiger partial charge in [-0.1, -0.05) is 23.9 Å². The number of halogens is 1. The molecule has 0 radical (unpaired) electrons. The molecule has 3 rings (SSSR count). The van der Waals surface area contributed by atoms with E-state index >= 15 is 0 Å². The lowest BCUT2D eigenvalue weighted by atomic mass is 10.1. The van der Waals surface area contributed by atoms with E-state index in [9.17, 15) is 4.39 Å². The Kier molecular flexibility index (Phi) is 3.78. The lowest BCUT2D eigenvalue weighted by Gasteiger charge is -2.02. The summed E-state index contributed by atoms with van der Waals surface area (Å²) in [5.41, 5.74) is 7.92. The molecule has 1 heterocycles. The number of thioether (sulfide) groups is 1. The highest BCUT2D eigenvalue weighted by Crippen LogP contribution is 2.33. The van der Waals surface area contributed by atoms with Crippen LogP contribution in [0, 0.1) is 17.1 Å². The molecular formula is C15H10FN3S2. The van der Waals surface area contributed by atoms with Crippen molar-refractivity contribution < 1.29 is 4.39 Å². The van der Waals surface area contributed by atoms with E-state index < -0.39 is 5.82 Å². The van der Waals surface area contributed by atoms with Crippen molar-refractivity contribution >= 4 is 39.0 Å². The van der Waals surface area contributed by atoms with Crippen molar-refractivity contribution in [3.05, 3.63) is 53.3 Å². The number of fused-ring (bicyclic) bond motifs is 1. The standard InChI is InChI=1S/C15H10FN3S2/c16-14-9(7-17)2-1-3-10(14)8-20-15-19-12-5-4-11(18)6-13(12)21-15/h1-6H,8,18H2. The van der Waals surface area contributed by atoms with Crippen molar-refractivity contribution in [3.8, 4) is 6.07 Å². The minimum atomic E-state index is -0.446. The average Bonchev–Trinajstić information content (AvgIpc) is 2.88. The Morgan fingerprint density at radius 2 is 2.19 bits per heavy atom. The number of aromatic nitrogens is 1. The second-order valence-electron chi connectivity index (χ2n) is 4.39. The molecule has 3 nitrogen and oxygen atoms in total. The third-order valence-electron chi connectivity index (χ3n) is 2.94. The predicted molar refractivity (Wildman–Crippen MR) is 84.7 cm³/mol. The molecule has 6 heteroatoms. The first-order valence-electron chi connectivity index (χ1n) is 6.14. The number of hydrogen-bond acceptors (Lipinski definition) is 5. The highest BCUT2D eigenvalue weighted by Gasteiger charge is 2.10. The highest BCUT2D eigenvalue weighted by molar-refractivity contribution is 8.00. The first-order valence-corrected chi connectivity index (χ1v) is 7.94. The van der Waals surface area contributed by atoms with E-state index in [0.29, 0.717) is 17.0 Å². The predicted octanol–water partition coefficient (Wildman–Crippen LogP) is 4.18. The maximum absolute atomic E-state index is 14.0. The first kappa shape index (κ1) is 13.9. The summed E-state index contributed by atoms with van der Waals surface area (Å²) in [7, 11) is 0. The maximum Gasteiger partial charge on any atom is 0.151 e. The molecule has 1 aromatic heterocycles. The van der Waals surface area contributed by atoms with Gasteiger partial charge in [0.05, 0.1) is 15.8 Å². The molecule has 3 aromatic rings. The first-order chi connectivity index (χ1) is 10.2. The van der Waals surface area contributed by atoms with E-state index in [2.05, 4.69) is 4.98 Å². The summed E-state index contributed by atoms with van der Waals surface area (Å²) < 4.78 is 15.8. The van der Waals surface area contributed by atoms with Crippen molar-refractivity contribution in [2.45, 2.75) is 10.1 Å². The number of nitrogen functional groups attached to an aromatic ring is 1. The van der Waals surface area contributed by atoms with Gasteiger partial charge in [0.25, 0.3) is 0 Å². The number of nitrogens with two attached hydrogens (primary N) is 1. The van der Waals surface area contributed by atoms with Crippen LogP contribution in [0.15, 0.2) is 40.7 Å². The van der Waals surface area contributed by atoms with Crippen LogP contribution < -0.4 is 5.73 Å². The molecule has 0 aliphatic carbocycles. The van der Waals surface area contributed by atoms with E-state index in [1.54, 1.807) is 12.1 Å². The van der Waals surface area contributed by atoms with Crippen LogP contribution >= 0.6 is 23.1 Å². The molecule has 104 valence electrons. The van der Waals surface area contributed by atoms with Crippen molar-refractivity contribution in [1.29, 1.82) is 5.26 Å². The van der Waals surface area contributed by atoms with E-state index in [1.165, 1.54) is 29.2 Å². The second-order valence-corrected chi connectivity index (χ2v) is 6.64. The highest BCUT2D eigenvalue weighted by atomic mass is 32.2. The number of nitriles is 1. The molecule has 21 heavy (non-hydrogen) atoms. The maximum atomic E-state index is 14.0. The number of thiazole rings is 1. The molecule has 0 spiro atoms. The summed E-state index contributed by atoms with van der Waals surface area (Å²) in [6.07, 6.45) is 0. The molecule has 0 saturated carbocycles. The number of hydrogen-bond donors (Lipinski definition) is 1. The van der Waals surface area contributed by atoms with E-state index in [1.807, 2.05) is 24.3 Å². The molecule has 0 amide bonds. The topological polar surface area (TPSA) is 62.7 Å². The van der Waals surface area contributed by atoms with Gasteiger partial charge in [-0.2, -0.15) is 5.26 Å². The minimum Gasteiger partial charge on any atom is -0.399 e. The Balaban J connectivity index is 1.82. The fourth-order valence-electron chi connectivity index (χ4n) is 1.90. The Bertz CT molecular complexity index is 852. The van der Waals surface area contributed by atoms with Crippen LogP contribution in [0.1, 0.15) is 11.1 Å². The van der Waals surface area contributed by atoms with Crippen LogP contribution in [-0.2, 0) is 5.75 Å². The largest absolute Gasteiger partial charge is 0.399 e. The van der Waals surface area contributed by atoms with Gasteiger partial charge in [0.15, 0.2) is 4.34 Å². The normalized spacial score (nSPS) is 10.7. The van der Waals surface area contributed by atoms with Crippen molar-refractivity contribution in [1.82, 2.24) is 4.98 Å². The van der Waals surface area contributed by atoms with Crippen molar-refractivity contribution in [2.75, 3.05) is 5.73 Å². The van der Waals surface area contributed by atoms with E-state index in [4.69, 9.17) is 11.0 Å². The summed E-state index contributed by atoms with van der Waals surface area (Å²) in [6.45, 7) is 0. The average molecular weight is 315 g/mol. The van der Waals surface area contributed by atoms with Crippen LogP contribution in [0.2, 0.25) is 0 Å². The van der Waals surface area contributed by atoms with Gasteiger partial charge in [-0.25, -0.2) is 9.37 Å². The summed E-state index contributed by atoms with van der Waals surface area (Å²) in [4.78, 5) is 4.48. The zero-order valence-electron chi connectivity index (χ0n) is 10.8. The van der Waals surface area contributed by atoms with Crippen LogP contribution in [0.4, 0.5) is 10.1 Å². The minimum absolute atomic E-state index is 0.0742. The summed E-state index contributed by atoms with van der Waals surface area (Å²) in [5.74, 6) is -0.00530. The van der Waals surface area contributed by atoms with Crippen LogP contribution in [0.5, 0.6) is 0 Å². The Hall–Kier alpha value is -2.10. The SMILES string of the molecule is N#Cc1cccc(CSc2nc3ccc(N)cc3s2)c1F. The van der Waals surface area contributed by atoms with Gasteiger partial charge < -0.3 is 5.73 Å². The van der Waals surface area contributed by atoms with Gasteiger partial charge in [-0.15, -0.1) is 11.3 Å². The fourth-order valence-corrected chi connectivity index (χ4v) is 3.99. The van der Waals surface area contributed by atoms with Gasteiger partial charge in [0.2, 0.25) is 0 Å². The van der Waals surface area contributed by atoms with Gasteiger partial charge in [-0.3, -0.25) is 0 Å². The number of anilines is 1. The Morgan fingerprint density at radius 1 is 1.33 bits per heavy atom. The second kappa shape index (κ2) is 5.72. The van der Waals surface area contributed by atoms with Gasteiger partial charge in [0, 0.05) is 11.4 Å². The molecule has 2 N–H and O–H groups in total. The van der Waals surface area contributed by atoms with Crippen molar-refractivity contribution in [2.24, 2.45) is 0 Å². The third kappa shape index (κ3) is 2.84. The molecule has 0 unspecified atom stereocenters. The number of nitrogens with zero attached hydrogens (tertiary/aromatic N) is 2. The van der Waals surface area contributed by atoms with E-state index in [-0.39, 0.29) is 5.56 Å². The van der Waals surface area contributed by atoms with E-state index in [0.717, 1.165) is 14.6 Å². The smallest absolute Gasteiger partial charge is 0.151 e. The van der Waals surface area contributed by atoms with Crippen LogP contribution in [-0.4, -0.2) is 4.98 Å².